The first-order chi connectivity index (χ1) is 11.1. The van der Waals surface area contributed by atoms with Gasteiger partial charge in [-0.3, -0.25) is 4.79 Å². The summed E-state index contributed by atoms with van der Waals surface area (Å²) in [6.45, 7) is 6.11. The molecular formula is C17H18ClN3OS. The van der Waals surface area contributed by atoms with E-state index in [4.69, 9.17) is 11.6 Å². The lowest BCUT2D eigenvalue weighted by Gasteiger charge is -2.34. The van der Waals surface area contributed by atoms with Crippen molar-refractivity contribution in [1.29, 1.82) is 0 Å². The Morgan fingerprint density at radius 1 is 1.61 bits per heavy atom. The van der Waals surface area contributed by atoms with Crippen molar-refractivity contribution < 1.29 is 4.79 Å². The van der Waals surface area contributed by atoms with Crippen LogP contribution in [0.25, 0.3) is 0 Å². The van der Waals surface area contributed by atoms with Crippen molar-refractivity contribution >= 4 is 28.8 Å². The lowest BCUT2D eigenvalue weighted by atomic mass is 9.91. The van der Waals surface area contributed by atoms with Gasteiger partial charge >= 0.3 is 0 Å². The van der Waals surface area contributed by atoms with Crippen LogP contribution in [0.3, 0.4) is 0 Å². The van der Waals surface area contributed by atoms with Gasteiger partial charge in [-0.2, -0.15) is 0 Å². The van der Waals surface area contributed by atoms with Gasteiger partial charge in [0.2, 0.25) is 5.91 Å². The molecule has 0 saturated carbocycles. The Hall–Kier alpha value is -1.72. The Kier molecular flexibility index (Phi) is 4.78. The van der Waals surface area contributed by atoms with Crippen molar-refractivity contribution in [2.24, 2.45) is 0 Å². The van der Waals surface area contributed by atoms with E-state index in [0.29, 0.717) is 11.6 Å². The summed E-state index contributed by atoms with van der Waals surface area (Å²) in [5.41, 5.74) is 2.25. The van der Waals surface area contributed by atoms with E-state index >= 15 is 0 Å². The molecule has 120 valence electrons. The van der Waals surface area contributed by atoms with Crippen LogP contribution in [0.1, 0.15) is 28.4 Å². The number of carbonyl (C=O) groups excluding carboxylic acids is 1. The van der Waals surface area contributed by atoms with E-state index in [2.05, 4.69) is 16.5 Å². The maximum Gasteiger partial charge on any atom is 0.246 e. The molecule has 3 rings (SSSR count). The second kappa shape index (κ2) is 6.81. The zero-order valence-corrected chi connectivity index (χ0v) is 14.5. The number of fused-ring (bicyclic) bond motifs is 1. The van der Waals surface area contributed by atoms with E-state index < -0.39 is 0 Å². The summed E-state index contributed by atoms with van der Waals surface area (Å²) in [4.78, 5) is 24.1. The molecule has 2 heterocycles. The minimum absolute atomic E-state index is 0.0454. The Bertz CT molecular complexity index is 743. The van der Waals surface area contributed by atoms with Gasteiger partial charge in [-0.25, -0.2) is 9.97 Å². The normalized spacial score (nSPS) is 16.7. The standard InChI is InChI=1S/C17H18ClN3OS/c1-3-17(22)21(9-15-7-13(18)10-23-15)14-4-5-16-12(6-14)8-19-11(2)20-16/h3,7-8,10,14H,1,4-6,9H2,2H3. The van der Waals surface area contributed by atoms with Crippen LogP contribution in [0.4, 0.5) is 0 Å². The van der Waals surface area contributed by atoms with Gasteiger partial charge in [-0.15, -0.1) is 11.3 Å². The van der Waals surface area contributed by atoms with Gasteiger partial charge in [0.05, 0.1) is 11.6 Å². The summed E-state index contributed by atoms with van der Waals surface area (Å²) in [5, 5.41) is 2.61. The molecule has 1 aliphatic carbocycles. The number of amides is 1. The summed E-state index contributed by atoms with van der Waals surface area (Å²) in [5.74, 6) is 0.755. The van der Waals surface area contributed by atoms with E-state index in [9.17, 15) is 4.79 Å². The summed E-state index contributed by atoms with van der Waals surface area (Å²) in [7, 11) is 0. The molecule has 0 aliphatic heterocycles. The lowest BCUT2D eigenvalue weighted by molar-refractivity contribution is -0.129. The van der Waals surface area contributed by atoms with Gasteiger partial charge in [0.15, 0.2) is 0 Å². The Balaban J connectivity index is 1.81. The molecule has 2 aromatic heterocycles. The number of rotatable bonds is 4. The molecular weight excluding hydrogens is 330 g/mol. The molecule has 0 saturated heterocycles. The van der Waals surface area contributed by atoms with Crippen molar-refractivity contribution in [3.63, 3.8) is 0 Å². The zero-order valence-electron chi connectivity index (χ0n) is 13.0. The van der Waals surface area contributed by atoms with E-state index in [1.54, 1.807) is 11.3 Å². The Morgan fingerprint density at radius 2 is 2.43 bits per heavy atom. The number of aromatic nitrogens is 2. The largest absolute Gasteiger partial charge is 0.331 e. The fourth-order valence-corrected chi connectivity index (χ4v) is 4.03. The van der Waals surface area contributed by atoms with Crippen LogP contribution in [-0.4, -0.2) is 26.8 Å². The molecule has 0 fully saturated rings. The molecule has 23 heavy (non-hydrogen) atoms. The average Bonchev–Trinajstić information content (AvgIpc) is 2.96. The average molecular weight is 348 g/mol. The molecule has 1 aliphatic rings. The molecule has 1 atom stereocenters. The van der Waals surface area contributed by atoms with Crippen LogP contribution in [0.5, 0.6) is 0 Å². The third-order valence-corrected chi connectivity index (χ3v) is 5.36. The molecule has 0 bridgehead atoms. The van der Waals surface area contributed by atoms with E-state index in [0.717, 1.165) is 41.2 Å². The first-order valence-electron chi connectivity index (χ1n) is 7.54. The van der Waals surface area contributed by atoms with E-state index in [1.165, 1.54) is 6.08 Å². The lowest BCUT2D eigenvalue weighted by Crippen LogP contribution is -2.42. The van der Waals surface area contributed by atoms with Gasteiger partial charge in [0, 0.05) is 28.2 Å². The second-order valence-electron chi connectivity index (χ2n) is 5.69. The number of hydrogen-bond donors (Lipinski definition) is 0. The van der Waals surface area contributed by atoms with Crippen LogP contribution >= 0.6 is 22.9 Å². The summed E-state index contributed by atoms with van der Waals surface area (Å²) in [6, 6.07) is 2.05. The zero-order chi connectivity index (χ0) is 16.4. The highest BCUT2D eigenvalue weighted by atomic mass is 35.5. The maximum absolute atomic E-state index is 12.3. The van der Waals surface area contributed by atoms with Crippen molar-refractivity contribution in [3.8, 4) is 0 Å². The quantitative estimate of drug-likeness (QED) is 0.794. The molecule has 1 unspecified atom stereocenters. The van der Waals surface area contributed by atoms with Crippen LogP contribution in [0.2, 0.25) is 5.02 Å². The number of nitrogens with zero attached hydrogens (tertiary/aromatic N) is 3. The molecule has 0 N–H and O–H groups in total. The monoisotopic (exact) mass is 347 g/mol. The summed E-state index contributed by atoms with van der Waals surface area (Å²) < 4.78 is 0. The van der Waals surface area contributed by atoms with Crippen LogP contribution in [0.15, 0.2) is 30.3 Å². The first kappa shape index (κ1) is 16.1. The minimum Gasteiger partial charge on any atom is -0.331 e. The summed E-state index contributed by atoms with van der Waals surface area (Å²) in [6.07, 6.45) is 5.84. The van der Waals surface area contributed by atoms with Gasteiger partial charge in [0.25, 0.3) is 0 Å². The predicted octanol–water partition coefficient (Wildman–Crippen LogP) is 3.57. The number of carbonyl (C=O) groups is 1. The Morgan fingerprint density at radius 3 is 3.13 bits per heavy atom. The van der Waals surface area contributed by atoms with Crippen molar-refractivity contribution in [3.05, 3.63) is 57.3 Å². The molecule has 1 amide bonds. The number of aryl methyl sites for hydroxylation is 2. The highest BCUT2D eigenvalue weighted by Crippen LogP contribution is 2.27. The fraction of sp³-hybridized carbons (Fsp3) is 0.353. The fourth-order valence-electron chi connectivity index (χ4n) is 2.96. The van der Waals surface area contributed by atoms with Gasteiger partial charge in [-0.05, 0) is 43.9 Å². The van der Waals surface area contributed by atoms with Crippen molar-refractivity contribution in [2.75, 3.05) is 0 Å². The van der Waals surface area contributed by atoms with E-state index in [-0.39, 0.29) is 11.9 Å². The molecule has 4 nitrogen and oxygen atoms in total. The molecule has 6 heteroatoms. The molecule has 2 aromatic rings. The Labute approximate surface area is 144 Å². The van der Waals surface area contributed by atoms with Gasteiger partial charge in [-0.1, -0.05) is 18.2 Å². The van der Waals surface area contributed by atoms with E-state index in [1.807, 2.05) is 29.5 Å². The highest BCUT2D eigenvalue weighted by Gasteiger charge is 2.28. The van der Waals surface area contributed by atoms with Gasteiger partial charge in [0.1, 0.15) is 5.82 Å². The van der Waals surface area contributed by atoms with Crippen molar-refractivity contribution in [1.82, 2.24) is 14.9 Å². The second-order valence-corrected chi connectivity index (χ2v) is 7.12. The first-order valence-corrected chi connectivity index (χ1v) is 8.80. The predicted molar refractivity (Wildman–Crippen MR) is 92.7 cm³/mol. The molecule has 0 spiro atoms. The number of halogens is 1. The minimum atomic E-state index is -0.0454. The smallest absolute Gasteiger partial charge is 0.246 e. The number of thiophene rings is 1. The number of hydrogen-bond acceptors (Lipinski definition) is 4. The van der Waals surface area contributed by atoms with Gasteiger partial charge < -0.3 is 4.90 Å². The van der Waals surface area contributed by atoms with Crippen LogP contribution < -0.4 is 0 Å². The molecule has 0 radical (unpaired) electrons. The SMILES string of the molecule is C=CC(=O)N(Cc1cc(Cl)cs1)C1CCc2nc(C)ncc2C1. The third-order valence-electron chi connectivity index (χ3n) is 4.09. The third kappa shape index (κ3) is 3.62. The summed E-state index contributed by atoms with van der Waals surface area (Å²) >= 11 is 7.57. The molecule has 0 aromatic carbocycles. The topological polar surface area (TPSA) is 46.1 Å². The van der Waals surface area contributed by atoms with Crippen LogP contribution in [0, 0.1) is 6.92 Å². The van der Waals surface area contributed by atoms with Crippen LogP contribution in [-0.2, 0) is 24.2 Å². The highest BCUT2D eigenvalue weighted by molar-refractivity contribution is 7.10. The van der Waals surface area contributed by atoms with Crippen molar-refractivity contribution in [2.45, 2.75) is 38.8 Å². The maximum atomic E-state index is 12.3.